The van der Waals surface area contributed by atoms with Crippen LogP contribution in [0.1, 0.15) is 24.1 Å². The zero-order valence-corrected chi connectivity index (χ0v) is 14.2. The van der Waals surface area contributed by atoms with Gasteiger partial charge in [0.05, 0.1) is 12.8 Å². The number of benzene rings is 1. The highest BCUT2D eigenvalue weighted by Gasteiger charge is 2.19. The number of ether oxygens (including phenoxy) is 1. The second kappa shape index (κ2) is 7.10. The summed E-state index contributed by atoms with van der Waals surface area (Å²) >= 11 is 1.51. The molecule has 0 radical (unpaired) electrons. The molecule has 23 heavy (non-hydrogen) atoms. The molecule has 3 rings (SSSR count). The Morgan fingerprint density at radius 3 is 2.87 bits per heavy atom. The molecule has 6 heteroatoms. The Hall–Kier alpha value is -1.92. The fourth-order valence-corrected chi connectivity index (χ4v) is 3.64. The summed E-state index contributed by atoms with van der Waals surface area (Å²) in [6, 6.07) is 8.09. The van der Waals surface area contributed by atoms with E-state index in [0.29, 0.717) is 17.6 Å². The molecule has 1 unspecified atom stereocenters. The zero-order chi connectivity index (χ0) is 16.2. The Morgan fingerprint density at radius 2 is 2.22 bits per heavy atom. The number of amides is 1. The van der Waals surface area contributed by atoms with E-state index < -0.39 is 0 Å². The number of aromatic nitrogens is 1. The Bertz CT molecular complexity index is 676. The Morgan fingerprint density at radius 1 is 1.43 bits per heavy atom. The minimum absolute atomic E-state index is 0.0273. The molecule has 122 valence electrons. The first-order valence-corrected chi connectivity index (χ1v) is 8.62. The van der Waals surface area contributed by atoms with Gasteiger partial charge in [0.1, 0.15) is 5.75 Å². The van der Waals surface area contributed by atoms with Crippen molar-refractivity contribution in [1.29, 1.82) is 0 Å². The summed E-state index contributed by atoms with van der Waals surface area (Å²) in [6.07, 6.45) is 2.73. The van der Waals surface area contributed by atoms with Gasteiger partial charge in [-0.05, 0) is 50.6 Å². The van der Waals surface area contributed by atoms with Crippen LogP contribution < -0.4 is 15.4 Å². The number of hydrogen-bond donors (Lipinski definition) is 2. The van der Waals surface area contributed by atoms with Crippen LogP contribution in [0, 0.1) is 6.92 Å². The molecule has 0 spiro atoms. The van der Waals surface area contributed by atoms with Crippen LogP contribution in [0.15, 0.2) is 24.3 Å². The van der Waals surface area contributed by atoms with Crippen LogP contribution in [0.2, 0.25) is 0 Å². The minimum Gasteiger partial charge on any atom is -0.497 e. The van der Waals surface area contributed by atoms with Crippen LogP contribution in [0.5, 0.6) is 5.75 Å². The number of methoxy groups -OCH3 is 1. The maximum Gasteiger partial charge on any atom is 0.227 e. The molecular weight excluding hydrogens is 310 g/mol. The molecule has 1 aromatic carbocycles. The highest BCUT2D eigenvalue weighted by Crippen LogP contribution is 2.31. The molecule has 2 aromatic rings. The third-order valence-corrected chi connectivity index (χ3v) is 4.89. The number of nitrogens with zero attached hydrogens (tertiary/aromatic N) is 1. The average Bonchev–Trinajstić information content (AvgIpc) is 3.17. The van der Waals surface area contributed by atoms with Crippen molar-refractivity contribution >= 4 is 22.4 Å². The topological polar surface area (TPSA) is 63.2 Å². The van der Waals surface area contributed by atoms with Gasteiger partial charge in [-0.25, -0.2) is 4.98 Å². The lowest BCUT2D eigenvalue weighted by atomic mass is 10.1. The van der Waals surface area contributed by atoms with Crippen molar-refractivity contribution in [2.24, 2.45) is 0 Å². The fourth-order valence-electron chi connectivity index (χ4n) is 2.79. The normalized spacial score (nSPS) is 17.2. The number of thiazole rings is 1. The van der Waals surface area contributed by atoms with Crippen LogP contribution in [-0.4, -0.2) is 30.6 Å². The maximum absolute atomic E-state index is 12.1. The summed E-state index contributed by atoms with van der Waals surface area (Å²) in [5, 5.41) is 6.93. The van der Waals surface area contributed by atoms with Gasteiger partial charge in [-0.1, -0.05) is 0 Å². The molecule has 5 nitrogen and oxygen atoms in total. The molecule has 1 aromatic heterocycles. The summed E-state index contributed by atoms with van der Waals surface area (Å²) < 4.78 is 5.18. The molecule has 1 saturated heterocycles. The Labute approximate surface area is 140 Å². The van der Waals surface area contributed by atoms with E-state index in [1.807, 2.05) is 31.2 Å². The van der Waals surface area contributed by atoms with Crippen LogP contribution in [0.4, 0.5) is 5.13 Å². The number of hydrogen-bond acceptors (Lipinski definition) is 5. The van der Waals surface area contributed by atoms with Gasteiger partial charge in [-0.3, -0.25) is 4.79 Å². The van der Waals surface area contributed by atoms with Gasteiger partial charge in [0, 0.05) is 22.9 Å². The molecule has 1 amide bonds. The Kier molecular flexibility index (Phi) is 4.93. The lowest BCUT2D eigenvalue weighted by Gasteiger charge is -2.08. The van der Waals surface area contributed by atoms with Crippen molar-refractivity contribution in [3.05, 3.63) is 29.1 Å². The molecule has 0 aliphatic carbocycles. The van der Waals surface area contributed by atoms with Gasteiger partial charge in [-0.15, -0.1) is 11.3 Å². The third kappa shape index (κ3) is 3.89. The molecule has 1 aliphatic rings. The van der Waals surface area contributed by atoms with Crippen LogP contribution in [-0.2, 0) is 4.79 Å². The number of carbonyl (C=O) groups is 1. The lowest BCUT2D eigenvalue weighted by molar-refractivity contribution is -0.116. The van der Waals surface area contributed by atoms with Crippen molar-refractivity contribution < 1.29 is 9.53 Å². The third-order valence-electron chi connectivity index (χ3n) is 4.00. The number of carbonyl (C=O) groups excluding carboxylic acids is 1. The van der Waals surface area contributed by atoms with Gasteiger partial charge < -0.3 is 15.4 Å². The number of anilines is 1. The summed E-state index contributed by atoms with van der Waals surface area (Å²) in [7, 11) is 1.65. The molecule has 2 heterocycles. The van der Waals surface area contributed by atoms with Crippen LogP contribution in [0.25, 0.3) is 11.3 Å². The second-order valence-corrected chi connectivity index (χ2v) is 6.90. The summed E-state index contributed by atoms with van der Waals surface area (Å²) in [5.74, 6) is 0.846. The van der Waals surface area contributed by atoms with Gasteiger partial charge in [0.15, 0.2) is 5.13 Å². The van der Waals surface area contributed by atoms with Crippen molar-refractivity contribution in [3.8, 4) is 17.0 Å². The highest BCUT2D eigenvalue weighted by molar-refractivity contribution is 7.16. The quantitative estimate of drug-likeness (QED) is 0.883. The zero-order valence-electron chi connectivity index (χ0n) is 13.4. The maximum atomic E-state index is 12.1. The Balaban J connectivity index is 1.68. The van der Waals surface area contributed by atoms with Crippen molar-refractivity contribution in [1.82, 2.24) is 10.3 Å². The molecule has 0 saturated carbocycles. The first-order valence-electron chi connectivity index (χ1n) is 7.81. The van der Waals surface area contributed by atoms with E-state index in [1.54, 1.807) is 7.11 Å². The van der Waals surface area contributed by atoms with E-state index >= 15 is 0 Å². The van der Waals surface area contributed by atoms with E-state index in [9.17, 15) is 4.79 Å². The molecular formula is C17H21N3O2S. The van der Waals surface area contributed by atoms with E-state index in [0.717, 1.165) is 41.3 Å². The van der Waals surface area contributed by atoms with E-state index in [2.05, 4.69) is 15.6 Å². The van der Waals surface area contributed by atoms with Crippen LogP contribution >= 0.6 is 11.3 Å². The fraction of sp³-hybridized carbons (Fsp3) is 0.412. The first kappa shape index (κ1) is 16.0. The highest BCUT2D eigenvalue weighted by atomic mass is 32.1. The van der Waals surface area contributed by atoms with Gasteiger partial charge in [-0.2, -0.15) is 0 Å². The molecule has 1 aliphatic heterocycles. The predicted octanol–water partition coefficient (Wildman–Crippen LogP) is 3.21. The van der Waals surface area contributed by atoms with E-state index in [-0.39, 0.29) is 5.91 Å². The average molecular weight is 331 g/mol. The summed E-state index contributed by atoms with van der Waals surface area (Å²) in [5.41, 5.74) is 1.93. The smallest absolute Gasteiger partial charge is 0.227 e. The van der Waals surface area contributed by atoms with Crippen LogP contribution in [0.3, 0.4) is 0 Å². The standard InChI is InChI=1S/C17H21N3O2S/c1-11-16(12-5-7-14(22-2)8-6-12)20-17(23-11)19-15(21)10-13-4-3-9-18-13/h5-8,13,18H,3-4,9-10H2,1-2H3,(H,19,20,21). The van der Waals surface area contributed by atoms with E-state index in [1.165, 1.54) is 11.3 Å². The van der Waals surface area contributed by atoms with Gasteiger partial charge in [0.2, 0.25) is 5.91 Å². The summed E-state index contributed by atoms with van der Waals surface area (Å²) in [6.45, 7) is 3.03. The number of aryl methyl sites for hydroxylation is 1. The second-order valence-electron chi connectivity index (χ2n) is 5.70. The van der Waals surface area contributed by atoms with Gasteiger partial charge >= 0.3 is 0 Å². The predicted molar refractivity (Wildman–Crippen MR) is 93.1 cm³/mol. The van der Waals surface area contributed by atoms with Crippen molar-refractivity contribution in [2.75, 3.05) is 19.0 Å². The van der Waals surface area contributed by atoms with Crippen molar-refractivity contribution in [3.63, 3.8) is 0 Å². The molecule has 0 bridgehead atoms. The summed E-state index contributed by atoms with van der Waals surface area (Å²) in [4.78, 5) is 17.8. The number of rotatable bonds is 5. The first-order chi connectivity index (χ1) is 11.2. The number of nitrogens with one attached hydrogen (secondary N) is 2. The lowest BCUT2D eigenvalue weighted by Crippen LogP contribution is -2.27. The monoisotopic (exact) mass is 331 g/mol. The van der Waals surface area contributed by atoms with Crippen molar-refractivity contribution in [2.45, 2.75) is 32.2 Å². The molecule has 1 atom stereocenters. The SMILES string of the molecule is COc1ccc(-c2nc(NC(=O)CC3CCCN3)sc2C)cc1. The molecule has 1 fully saturated rings. The minimum atomic E-state index is 0.0273. The largest absolute Gasteiger partial charge is 0.497 e. The van der Waals surface area contributed by atoms with E-state index in [4.69, 9.17) is 4.74 Å². The van der Waals surface area contributed by atoms with Gasteiger partial charge in [0.25, 0.3) is 0 Å². The molecule has 2 N–H and O–H groups in total.